The van der Waals surface area contributed by atoms with Crippen LogP contribution >= 0.6 is 0 Å². The minimum atomic E-state index is 0.157. The van der Waals surface area contributed by atoms with Crippen molar-refractivity contribution in [1.29, 1.82) is 0 Å². The summed E-state index contributed by atoms with van der Waals surface area (Å²) < 4.78 is 5.80. The zero-order valence-electron chi connectivity index (χ0n) is 11.5. The van der Waals surface area contributed by atoms with E-state index in [0.29, 0.717) is 6.04 Å². The van der Waals surface area contributed by atoms with Crippen LogP contribution in [0.25, 0.3) is 0 Å². The molecule has 1 saturated carbocycles. The Bertz CT molecular complexity index is 182. The molecule has 1 unspecified atom stereocenters. The van der Waals surface area contributed by atoms with E-state index in [1.807, 2.05) is 7.11 Å². The third-order valence-electron chi connectivity index (χ3n) is 3.91. The molecule has 0 spiro atoms. The van der Waals surface area contributed by atoms with Crippen molar-refractivity contribution in [2.45, 2.75) is 70.9 Å². The minimum Gasteiger partial charge on any atom is -0.377 e. The molecule has 1 N–H and O–H groups in total. The number of rotatable bonds is 8. The van der Waals surface area contributed by atoms with Gasteiger partial charge in [0.2, 0.25) is 0 Å². The molecule has 0 aromatic carbocycles. The molecule has 0 aliphatic heterocycles. The summed E-state index contributed by atoms with van der Waals surface area (Å²) in [6.07, 6.45) is 7.57. The van der Waals surface area contributed by atoms with Crippen LogP contribution in [0, 0.1) is 5.92 Å². The minimum absolute atomic E-state index is 0.157. The molecular formula is C14H29NO. The standard InChI is InChI=1S/C14H29NO/c1-5-11-15-13(8-7-12(2)3)14(16-4)9-6-10-14/h12-13,15H,5-11H2,1-4H3. The Morgan fingerprint density at radius 1 is 1.25 bits per heavy atom. The second-order valence-electron chi connectivity index (χ2n) is 5.60. The molecule has 0 bridgehead atoms. The third kappa shape index (κ3) is 3.46. The fourth-order valence-corrected chi connectivity index (χ4v) is 2.59. The highest BCUT2D eigenvalue weighted by molar-refractivity contribution is 4.99. The summed E-state index contributed by atoms with van der Waals surface area (Å²) in [6.45, 7) is 7.95. The average Bonchev–Trinajstić information content (AvgIpc) is 2.19. The van der Waals surface area contributed by atoms with Crippen LogP contribution in [0.2, 0.25) is 0 Å². The first kappa shape index (κ1) is 14.0. The zero-order chi connectivity index (χ0) is 12.0. The quantitative estimate of drug-likeness (QED) is 0.686. The van der Waals surface area contributed by atoms with Crippen molar-refractivity contribution in [3.63, 3.8) is 0 Å². The second kappa shape index (κ2) is 6.61. The van der Waals surface area contributed by atoms with Gasteiger partial charge in [-0.15, -0.1) is 0 Å². The molecule has 0 amide bonds. The van der Waals surface area contributed by atoms with Crippen molar-refractivity contribution in [3.8, 4) is 0 Å². The maximum atomic E-state index is 5.80. The van der Waals surface area contributed by atoms with Crippen molar-refractivity contribution >= 4 is 0 Å². The molecule has 16 heavy (non-hydrogen) atoms. The van der Waals surface area contributed by atoms with E-state index in [2.05, 4.69) is 26.1 Å². The predicted octanol–water partition coefficient (Wildman–Crippen LogP) is 3.36. The summed E-state index contributed by atoms with van der Waals surface area (Å²) in [4.78, 5) is 0. The van der Waals surface area contributed by atoms with Crippen molar-refractivity contribution < 1.29 is 4.74 Å². The molecule has 2 nitrogen and oxygen atoms in total. The lowest BCUT2D eigenvalue weighted by molar-refractivity contribution is -0.101. The number of methoxy groups -OCH3 is 1. The molecule has 0 heterocycles. The normalized spacial score (nSPS) is 20.8. The zero-order valence-corrected chi connectivity index (χ0v) is 11.5. The smallest absolute Gasteiger partial charge is 0.0831 e. The fraction of sp³-hybridized carbons (Fsp3) is 1.00. The predicted molar refractivity (Wildman–Crippen MR) is 69.7 cm³/mol. The van der Waals surface area contributed by atoms with Gasteiger partial charge in [0.1, 0.15) is 0 Å². The van der Waals surface area contributed by atoms with Gasteiger partial charge in [-0.2, -0.15) is 0 Å². The van der Waals surface area contributed by atoms with Crippen LogP contribution in [0.5, 0.6) is 0 Å². The fourth-order valence-electron chi connectivity index (χ4n) is 2.59. The molecule has 1 atom stereocenters. The average molecular weight is 227 g/mol. The van der Waals surface area contributed by atoms with Crippen LogP contribution in [0.1, 0.15) is 59.3 Å². The highest BCUT2D eigenvalue weighted by Gasteiger charge is 2.43. The Hall–Kier alpha value is -0.0800. The van der Waals surface area contributed by atoms with Gasteiger partial charge in [-0.25, -0.2) is 0 Å². The molecule has 96 valence electrons. The van der Waals surface area contributed by atoms with Crippen LogP contribution < -0.4 is 5.32 Å². The van der Waals surface area contributed by atoms with E-state index < -0.39 is 0 Å². The van der Waals surface area contributed by atoms with Crippen LogP contribution in [-0.2, 0) is 4.74 Å². The molecule has 0 aromatic rings. The SMILES string of the molecule is CCCNC(CCC(C)C)C1(OC)CCC1. The topological polar surface area (TPSA) is 21.3 Å². The molecule has 0 aromatic heterocycles. The van der Waals surface area contributed by atoms with Crippen molar-refractivity contribution in [1.82, 2.24) is 5.32 Å². The van der Waals surface area contributed by atoms with Gasteiger partial charge in [-0.1, -0.05) is 20.8 Å². The lowest BCUT2D eigenvalue weighted by Crippen LogP contribution is -2.56. The molecule has 1 fully saturated rings. The molecule has 0 radical (unpaired) electrons. The van der Waals surface area contributed by atoms with E-state index in [4.69, 9.17) is 4.74 Å². The van der Waals surface area contributed by atoms with Gasteiger partial charge in [0, 0.05) is 13.2 Å². The Balaban J connectivity index is 2.48. The Kier molecular flexibility index (Phi) is 5.77. The first-order valence-electron chi connectivity index (χ1n) is 6.93. The Morgan fingerprint density at radius 3 is 2.31 bits per heavy atom. The summed E-state index contributed by atoms with van der Waals surface area (Å²) in [5.41, 5.74) is 0.157. The highest BCUT2D eigenvalue weighted by atomic mass is 16.5. The molecule has 0 saturated heterocycles. The van der Waals surface area contributed by atoms with E-state index >= 15 is 0 Å². The van der Waals surface area contributed by atoms with Gasteiger partial charge in [0.25, 0.3) is 0 Å². The van der Waals surface area contributed by atoms with Gasteiger partial charge < -0.3 is 10.1 Å². The van der Waals surface area contributed by atoms with Gasteiger partial charge >= 0.3 is 0 Å². The lowest BCUT2D eigenvalue weighted by Gasteiger charge is -2.47. The van der Waals surface area contributed by atoms with Crippen LogP contribution in [0.4, 0.5) is 0 Å². The Morgan fingerprint density at radius 2 is 1.94 bits per heavy atom. The summed E-state index contributed by atoms with van der Waals surface area (Å²) in [5.74, 6) is 0.792. The Labute approximate surface area is 101 Å². The molecule has 1 aliphatic carbocycles. The molecule has 1 aliphatic rings. The van der Waals surface area contributed by atoms with E-state index in [-0.39, 0.29) is 5.60 Å². The van der Waals surface area contributed by atoms with E-state index in [0.717, 1.165) is 12.5 Å². The van der Waals surface area contributed by atoms with Gasteiger partial charge in [0.05, 0.1) is 5.60 Å². The maximum absolute atomic E-state index is 5.80. The van der Waals surface area contributed by atoms with Crippen molar-refractivity contribution in [2.75, 3.05) is 13.7 Å². The summed E-state index contributed by atoms with van der Waals surface area (Å²) in [5, 5.41) is 3.69. The first-order valence-corrected chi connectivity index (χ1v) is 6.93. The van der Waals surface area contributed by atoms with E-state index in [9.17, 15) is 0 Å². The first-order chi connectivity index (χ1) is 7.64. The maximum Gasteiger partial charge on any atom is 0.0831 e. The van der Waals surface area contributed by atoms with Crippen molar-refractivity contribution in [2.24, 2.45) is 5.92 Å². The summed E-state index contributed by atoms with van der Waals surface area (Å²) in [6, 6.07) is 0.564. The van der Waals surface area contributed by atoms with Crippen LogP contribution in [0.15, 0.2) is 0 Å². The van der Waals surface area contributed by atoms with Gasteiger partial charge in [-0.3, -0.25) is 0 Å². The summed E-state index contributed by atoms with van der Waals surface area (Å²) in [7, 11) is 1.88. The monoisotopic (exact) mass is 227 g/mol. The van der Waals surface area contributed by atoms with Gasteiger partial charge in [-0.05, 0) is 51.0 Å². The highest BCUT2D eigenvalue weighted by Crippen LogP contribution is 2.39. The van der Waals surface area contributed by atoms with Gasteiger partial charge in [0.15, 0.2) is 0 Å². The second-order valence-corrected chi connectivity index (χ2v) is 5.60. The number of hydrogen-bond acceptors (Lipinski definition) is 2. The molecule has 2 heteroatoms. The number of ether oxygens (including phenoxy) is 1. The van der Waals surface area contributed by atoms with Crippen molar-refractivity contribution in [3.05, 3.63) is 0 Å². The van der Waals surface area contributed by atoms with Crippen LogP contribution in [-0.4, -0.2) is 25.3 Å². The molecular weight excluding hydrogens is 198 g/mol. The lowest BCUT2D eigenvalue weighted by atomic mass is 9.72. The van der Waals surface area contributed by atoms with E-state index in [1.165, 1.54) is 38.5 Å². The van der Waals surface area contributed by atoms with E-state index in [1.54, 1.807) is 0 Å². The number of hydrogen-bond donors (Lipinski definition) is 1. The molecule has 1 rings (SSSR count). The van der Waals surface area contributed by atoms with Crippen LogP contribution in [0.3, 0.4) is 0 Å². The largest absolute Gasteiger partial charge is 0.377 e. The number of nitrogens with one attached hydrogen (secondary N) is 1. The summed E-state index contributed by atoms with van der Waals surface area (Å²) >= 11 is 0. The third-order valence-corrected chi connectivity index (χ3v) is 3.91.